The van der Waals surface area contributed by atoms with Crippen LogP contribution >= 0.6 is 11.6 Å². The minimum atomic E-state index is -3.69. The second-order valence-electron chi connectivity index (χ2n) is 10.6. The molecule has 4 aliphatic carbocycles. The standard InChI is InChI=1S/C24H33ClN2O3S/c1-16(24-13-17-9-18(14-24)11-19(10-17)15-24)26-23(28)20-5-6-21(25)22(12-20)31(29,30)27-7-3-2-4-8-27/h5-6,12,16-19H,2-4,7-11,13-15H2,1H3,(H,26,28). The van der Waals surface area contributed by atoms with Crippen molar-refractivity contribution in [2.75, 3.05) is 13.1 Å². The molecule has 7 heteroatoms. The molecule has 1 N–H and O–H groups in total. The summed E-state index contributed by atoms with van der Waals surface area (Å²) in [6, 6.07) is 4.74. The number of amides is 1. The lowest BCUT2D eigenvalue weighted by Gasteiger charge is -2.59. The average molecular weight is 465 g/mol. The third kappa shape index (κ3) is 3.93. The Hall–Kier alpha value is -1.11. The fourth-order valence-electron chi connectivity index (χ4n) is 7.23. The van der Waals surface area contributed by atoms with Crippen LogP contribution in [0.2, 0.25) is 5.02 Å². The lowest BCUT2D eigenvalue weighted by Crippen LogP contribution is -2.55. The number of rotatable bonds is 5. The Labute approximate surface area is 191 Å². The van der Waals surface area contributed by atoms with Crippen LogP contribution in [0.25, 0.3) is 0 Å². The summed E-state index contributed by atoms with van der Waals surface area (Å²) in [7, 11) is -3.69. The van der Waals surface area contributed by atoms with Crippen molar-refractivity contribution in [1.82, 2.24) is 9.62 Å². The van der Waals surface area contributed by atoms with Crippen molar-refractivity contribution in [1.29, 1.82) is 0 Å². The minimum absolute atomic E-state index is 0.0474. The van der Waals surface area contributed by atoms with Crippen molar-refractivity contribution in [3.05, 3.63) is 28.8 Å². The number of hydrogen-bond donors (Lipinski definition) is 1. The molecule has 6 rings (SSSR count). The first-order chi connectivity index (χ1) is 14.8. The zero-order valence-corrected chi connectivity index (χ0v) is 19.9. The molecule has 0 spiro atoms. The van der Waals surface area contributed by atoms with Gasteiger partial charge in [-0.1, -0.05) is 18.0 Å². The lowest BCUT2D eigenvalue weighted by atomic mass is 9.48. The lowest BCUT2D eigenvalue weighted by molar-refractivity contribution is -0.0688. The van der Waals surface area contributed by atoms with Crippen molar-refractivity contribution in [2.45, 2.75) is 75.6 Å². The van der Waals surface area contributed by atoms with Gasteiger partial charge in [-0.15, -0.1) is 0 Å². The molecule has 1 unspecified atom stereocenters. The highest BCUT2D eigenvalue weighted by molar-refractivity contribution is 7.89. The predicted octanol–water partition coefficient (Wildman–Crippen LogP) is 4.85. The van der Waals surface area contributed by atoms with Gasteiger partial charge in [0, 0.05) is 24.7 Å². The molecular formula is C24H33ClN2O3S. The normalized spacial score (nSPS) is 33.9. The summed E-state index contributed by atoms with van der Waals surface area (Å²) in [6.07, 6.45) is 10.5. The van der Waals surface area contributed by atoms with Gasteiger partial charge in [-0.25, -0.2) is 8.42 Å². The van der Waals surface area contributed by atoms with Gasteiger partial charge in [0.15, 0.2) is 0 Å². The average Bonchev–Trinajstić information content (AvgIpc) is 2.73. The fraction of sp³-hybridized carbons (Fsp3) is 0.708. The third-order valence-electron chi connectivity index (χ3n) is 8.48. The molecule has 4 saturated carbocycles. The van der Waals surface area contributed by atoms with E-state index in [4.69, 9.17) is 11.6 Å². The van der Waals surface area contributed by atoms with Crippen LogP contribution in [-0.2, 0) is 10.0 Å². The first-order valence-electron chi connectivity index (χ1n) is 11.9. The van der Waals surface area contributed by atoms with Crippen molar-refractivity contribution < 1.29 is 13.2 Å². The highest BCUT2D eigenvalue weighted by Crippen LogP contribution is 2.61. The topological polar surface area (TPSA) is 66.5 Å². The van der Waals surface area contributed by atoms with E-state index in [1.54, 1.807) is 12.1 Å². The van der Waals surface area contributed by atoms with Gasteiger partial charge in [0.25, 0.3) is 5.91 Å². The number of benzene rings is 1. The van der Waals surface area contributed by atoms with Gasteiger partial charge in [0.2, 0.25) is 10.0 Å². The van der Waals surface area contributed by atoms with E-state index in [0.29, 0.717) is 18.7 Å². The van der Waals surface area contributed by atoms with E-state index in [1.807, 2.05) is 0 Å². The van der Waals surface area contributed by atoms with Crippen molar-refractivity contribution in [3.63, 3.8) is 0 Å². The van der Waals surface area contributed by atoms with E-state index >= 15 is 0 Å². The second-order valence-corrected chi connectivity index (χ2v) is 12.9. The van der Waals surface area contributed by atoms with Gasteiger partial charge in [0.05, 0.1) is 5.02 Å². The molecule has 31 heavy (non-hydrogen) atoms. The second kappa shape index (κ2) is 8.03. The number of carbonyl (C=O) groups is 1. The van der Waals surface area contributed by atoms with Crippen molar-refractivity contribution in [2.24, 2.45) is 23.2 Å². The number of sulfonamides is 1. The maximum Gasteiger partial charge on any atom is 0.251 e. The zero-order valence-electron chi connectivity index (χ0n) is 18.3. The number of piperidine rings is 1. The molecule has 1 heterocycles. The van der Waals surface area contributed by atoms with E-state index in [9.17, 15) is 13.2 Å². The summed E-state index contributed by atoms with van der Waals surface area (Å²) < 4.78 is 27.8. The first kappa shape index (κ1) is 21.7. The summed E-state index contributed by atoms with van der Waals surface area (Å²) >= 11 is 6.28. The third-order valence-corrected chi connectivity index (χ3v) is 10.9. The molecule has 1 amide bonds. The zero-order chi connectivity index (χ0) is 21.8. The number of nitrogens with zero attached hydrogens (tertiary/aromatic N) is 1. The molecule has 4 bridgehead atoms. The molecule has 1 saturated heterocycles. The summed E-state index contributed by atoms with van der Waals surface area (Å²) in [4.78, 5) is 13.2. The van der Waals surface area contributed by atoms with E-state index in [1.165, 1.54) is 48.9 Å². The molecule has 5 fully saturated rings. The number of nitrogens with one attached hydrogen (secondary N) is 1. The predicted molar refractivity (Wildman–Crippen MR) is 122 cm³/mol. The van der Waals surface area contributed by atoms with Crippen LogP contribution in [0.4, 0.5) is 0 Å². The monoisotopic (exact) mass is 464 g/mol. The molecule has 1 aromatic carbocycles. The van der Waals surface area contributed by atoms with E-state index in [2.05, 4.69) is 12.2 Å². The maximum atomic E-state index is 13.2. The van der Waals surface area contributed by atoms with Crippen LogP contribution in [0.15, 0.2) is 23.1 Å². The molecule has 5 aliphatic rings. The van der Waals surface area contributed by atoms with Gasteiger partial charge < -0.3 is 5.32 Å². The van der Waals surface area contributed by atoms with Crippen LogP contribution in [-0.4, -0.2) is 37.8 Å². The Balaban J connectivity index is 1.35. The molecule has 1 aromatic rings. The molecule has 5 nitrogen and oxygen atoms in total. The Morgan fingerprint density at radius 1 is 1.06 bits per heavy atom. The number of halogens is 1. The van der Waals surface area contributed by atoms with Crippen LogP contribution in [0.3, 0.4) is 0 Å². The Morgan fingerprint density at radius 3 is 2.23 bits per heavy atom. The smallest absolute Gasteiger partial charge is 0.251 e. The van der Waals surface area contributed by atoms with Gasteiger partial charge >= 0.3 is 0 Å². The Morgan fingerprint density at radius 2 is 1.65 bits per heavy atom. The molecule has 1 aliphatic heterocycles. The van der Waals surface area contributed by atoms with Gasteiger partial charge in [0.1, 0.15) is 4.90 Å². The van der Waals surface area contributed by atoms with Gasteiger partial charge in [-0.3, -0.25) is 4.79 Å². The van der Waals surface area contributed by atoms with Crippen LogP contribution < -0.4 is 5.32 Å². The highest BCUT2D eigenvalue weighted by Gasteiger charge is 2.53. The van der Waals surface area contributed by atoms with Crippen molar-refractivity contribution in [3.8, 4) is 0 Å². The van der Waals surface area contributed by atoms with Crippen LogP contribution in [0.1, 0.15) is 75.1 Å². The van der Waals surface area contributed by atoms with E-state index < -0.39 is 10.0 Å². The molecule has 0 radical (unpaired) electrons. The van der Waals surface area contributed by atoms with Crippen LogP contribution in [0.5, 0.6) is 0 Å². The highest BCUT2D eigenvalue weighted by atomic mass is 35.5. The number of carbonyl (C=O) groups excluding carboxylic acids is 1. The van der Waals surface area contributed by atoms with Gasteiger partial charge in [-0.2, -0.15) is 4.31 Å². The molecule has 1 atom stereocenters. The molecular weight excluding hydrogens is 432 g/mol. The maximum absolute atomic E-state index is 13.2. The van der Waals surface area contributed by atoms with E-state index in [0.717, 1.165) is 37.0 Å². The minimum Gasteiger partial charge on any atom is -0.349 e. The summed E-state index contributed by atoms with van der Waals surface area (Å²) in [5.41, 5.74) is 0.580. The first-order valence-corrected chi connectivity index (χ1v) is 13.7. The van der Waals surface area contributed by atoms with Crippen molar-refractivity contribution >= 4 is 27.5 Å². The Kier molecular flexibility index (Phi) is 5.63. The summed E-state index contributed by atoms with van der Waals surface area (Å²) in [5, 5.41) is 3.42. The summed E-state index contributed by atoms with van der Waals surface area (Å²) in [6.45, 7) is 3.17. The number of hydrogen-bond acceptors (Lipinski definition) is 3. The molecule has 0 aromatic heterocycles. The molecule has 170 valence electrons. The Bertz CT molecular complexity index is 936. The SMILES string of the molecule is CC(NC(=O)c1ccc(Cl)c(S(=O)(=O)N2CCCCC2)c1)C12CC3CC(CC(C3)C1)C2. The van der Waals surface area contributed by atoms with E-state index in [-0.39, 0.29) is 27.3 Å². The largest absolute Gasteiger partial charge is 0.349 e. The fourth-order valence-corrected chi connectivity index (χ4v) is 9.25. The van der Waals surface area contributed by atoms with Crippen LogP contribution in [0, 0.1) is 23.2 Å². The summed E-state index contributed by atoms with van der Waals surface area (Å²) in [5.74, 6) is 2.27. The van der Waals surface area contributed by atoms with Gasteiger partial charge in [-0.05, 0) is 99.7 Å². The quantitative estimate of drug-likeness (QED) is 0.677.